The average Bonchev–Trinajstić information content (AvgIpc) is 3.45. The van der Waals surface area contributed by atoms with Gasteiger partial charge in [-0.1, -0.05) is 78.4 Å². The summed E-state index contributed by atoms with van der Waals surface area (Å²) in [6, 6.07) is 58.9. The van der Waals surface area contributed by atoms with Gasteiger partial charge in [0.25, 0.3) is 0 Å². The van der Waals surface area contributed by atoms with Gasteiger partial charge in [0.05, 0.1) is 11.1 Å². The van der Waals surface area contributed by atoms with Crippen LogP contribution in [0, 0.1) is 104 Å². The molecule has 10 rings (SSSR count). The van der Waals surface area contributed by atoms with Crippen LogP contribution in [0.5, 0.6) is 0 Å². The molecule has 80 heavy (non-hydrogen) atoms. The van der Waals surface area contributed by atoms with Crippen molar-refractivity contribution in [2.45, 2.75) is 104 Å². The molecule has 410 valence electrons. The van der Waals surface area contributed by atoms with E-state index < -0.39 is 6.85 Å². The Morgan fingerprint density at radius 1 is 0.287 bits per heavy atom. The summed E-state index contributed by atoms with van der Waals surface area (Å²) in [6.07, 6.45) is 4.21. The fourth-order valence-electron chi connectivity index (χ4n) is 10.5. The first-order chi connectivity index (χ1) is 39.2. The summed E-state index contributed by atoms with van der Waals surface area (Å²) in [6.45, 7) is 27.8. The van der Waals surface area contributed by atoms with Crippen LogP contribution in [0.15, 0.2) is 182 Å². The molecule has 0 aliphatic carbocycles. The minimum absolute atomic E-state index is 0.423. The largest absolute Gasteiger partial charge is 0.215 e. The summed E-state index contributed by atoms with van der Waals surface area (Å²) < 4.78 is 33.7. The normalized spacial score (nSPS) is 11.2. The number of aromatic nitrogens is 5. The third-order valence-electron chi connectivity index (χ3n) is 15.8. The van der Waals surface area contributed by atoms with Crippen molar-refractivity contribution in [3.05, 3.63) is 266 Å². The molecule has 10 aromatic rings. The van der Waals surface area contributed by atoms with Crippen molar-refractivity contribution in [2.75, 3.05) is 0 Å². The van der Waals surface area contributed by atoms with Crippen LogP contribution in [0.2, 0.25) is 0 Å². The highest BCUT2D eigenvalue weighted by molar-refractivity contribution is 5.69. The lowest BCUT2D eigenvalue weighted by Gasteiger charge is -2.09. The van der Waals surface area contributed by atoms with E-state index in [4.69, 9.17) is 4.11 Å². The second-order valence-corrected chi connectivity index (χ2v) is 21.7. The number of hydrogen-bond acceptors (Lipinski definition) is 0. The van der Waals surface area contributed by atoms with Crippen LogP contribution in [0.3, 0.4) is 0 Å². The van der Waals surface area contributed by atoms with E-state index in [1.54, 1.807) is 6.07 Å². The first-order valence-electron chi connectivity index (χ1n) is 29.4. The van der Waals surface area contributed by atoms with Crippen molar-refractivity contribution in [1.82, 2.24) is 0 Å². The highest BCUT2D eigenvalue weighted by Gasteiger charge is 2.20. The molecule has 0 N–H and O–H groups in total. The highest BCUT2D eigenvalue weighted by Crippen LogP contribution is 2.29. The predicted molar refractivity (Wildman–Crippen MR) is 336 cm³/mol. The van der Waals surface area contributed by atoms with Crippen molar-refractivity contribution in [2.24, 2.45) is 35.2 Å². The van der Waals surface area contributed by atoms with E-state index in [-0.39, 0.29) is 0 Å². The predicted octanol–water partition coefficient (Wildman–Crippen LogP) is 15.5. The number of benzene rings is 5. The maximum absolute atomic E-state index is 7.60. The zero-order valence-corrected chi connectivity index (χ0v) is 51.6. The third-order valence-corrected chi connectivity index (χ3v) is 15.8. The van der Waals surface area contributed by atoms with Gasteiger partial charge in [-0.3, -0.25) is 0 Å². The molecule has 5 aromatic carbocycles. The monoisotopic (exact) mass is 1060 g/mol. The van der Waals surface area contributed by atoms with E-state index in [1.165, 1.54) is 112 Å². The Hall–Kier alpha value is -8.15. The number of aryl methyl sites for hydroxylation is 15. The van der Waals surface area contributed by atoms with E-state index in [2.05, 4.69) is 280 Å². The van der Waals surface area contributed by atoms with Crippen LogP contribution in [0.1, 0.15) is 88.0 Å². The lowest BCUT2D eigenvalue weighted by Crippen LogP contribution is -2.34. The smallest absolute Gasteiger partial charge is 0.201 e. The summed E-state index contributed by atoms with van der Waals surface area (Å²) in [5.74, 6) is 0. The van der Waals surface area contributed by atoms with Crippen LogP contribution in [-0.4, -0.2) is 0 Å². The van der Waals surface area contributed by atoms with Gasteiger partial charge in [-0.25, -0.2) is 9.13 Å². The van der Waals surface area contributed by atoms with Crippen molar-refractivity contribution in [3.63, 3.8) is 0 Å². The number of hydrogen-bond donors (Lipinski definition) is 0. The summed E-state index contributed by atoms with van der Waals surface area (Å²) in [7, 11) is 10.4. The standard InChI is InChI=1S/5C15H18N/c2*1-11-7-5-9-14(13(11)3)15-10-6-8-12(2)16(15)4;2*1-11-7-5-8-12(2)14(11)15-13(3)9-6-10-16(15)4;1-11-8-9-14(12(2)10-11)15-7-5-6-13(3)16(15)4/h5*5-10H,1-4H3/q5*+1/i1D3;;;;. The maximum atomic E-state index is 7.60. The van der Waals surface area contributed by atoms with E-state index in [9.17, 15) is 0 Å². The van der Waals surface area contributed by atoms with Crippen molar-refractivity contribution in [1.29, 1.82) is 0 Å². The molecule has 0 saturated carbocycles. The van der Waals surface area contributed by atoms with Crippen LogP contribution in [-0.2, 0) is 35.2 Å². The molecule has 0 spiro atoms. The SMILES string of the molecule is Cc1ccc(-c2cccc(C)[n+]2C)c(C)c1.Cc1cccc(-c2cccc(C)[n+]2C)c1C.Cc1cccc(C)c1-c1c(C)ccc[n+]1C.Cc1cccc(C)c1-c1c(C)ccc[n+]1C.[2H]C([2H])([2H])c1cccc(-c2cccc(C)[n+]2C)c1C. The third kappa shape index (κ3) is 14.6. The molecule has 0 saturated heterocycles. The molecule has 0 radical (unpaired) electrons. The van der Waals surface area contributed by atoms with Gasteiger partial charge in [0, 0.05) is 101 Å². The quantitative estimate of drug-likeness (QED) is 0.153. The summed E-state index contributed by atoms with van der Waals surface area (Å²) in [5, 5.41) is 0. The fourth-order valence-corrected chi connectivity index (χ4v) is 10.5. The van der Waals surface area contributed by atoms with Gasteiger partial charge < -0.3 is 0 Å². The van der Waals surface area contributed by atoms with Crippen LogP contribution >= 0.6 is 0 Å². The zero-order chi connectivity index (χ0) is 61.0. The molecule has 0 amide bonds. The topological polar surface area (TPSA) is 19.4 Å². The second kappa shape index (κ2) is 27.6. The fraction of sp³-hybridized carbons (Fsp3) is 0.267. The Balaban J connectivity index is 0.000000167. The molecule has 0 aliphatic heterocycles. The Morgan fingerprint density at radius 3 is 0.988 bits per heavy atom. The first kappa shape index (κ1) is 56.6. The highest BCUT2D eigenvalue weighted by atomic mass is 15.0. The molecular formula is C75H90N5+5. The maximum Gasteiger partial charge on any atom is 0.215 e. The molecule has 0 atom stereocenters. The Bertz CT molecular complexity index is 3580. The molecule has 5 aromatic heterocycles. The van der Waals surface area contributed by atoms with Crippen LogP contribution in [0.25, 0.3) is 56.3 Å². The first-order valence-corrected chi connectivity index (χ1v) is 27.9. The Morgan fingerprint density at radius 2 is 0.613 bits per heavy atom. The van der Waals surface area contributed by atoms with Gasteiger partial charge in [0.15, 0.2) is 29.5 Å². The lowest BCUT2D eigenvalue weighted by molar-refractivity contribution is -0.666. The number of nitrogens with zero attached hydrogens (tertiary/aromatic N) is 5. The van der Waals surface area contributed by atoms with Gasteiger partial charge in [0.2, 0.25) is 28.5 Å². The summed E-state index contributed by atoms with van der Waals surface area (Å²) in [4.78, 5) is 0. The molecule has 0 bridgehead atoms. The second-order valence-electron chi connectivity index (χ2n) is 21.7. The van der Waals surface area contributed by atoms with Crippen molar-refractivity contribution < 1.29 is 26.9 Å². The van der Waals surface area contributed by atoms with E-state index >= 15 is 0 Å². The molecule has 0 unspecified atom stereocenters. The summed E-state index contributed by atoms with van der Waals surface area (Å²) >= 11 is 0. The Labute approximate surface area is 486 Å². The van der Waals surface area contributed by atoms with Gasteiger partial charge in [-0.05, 0) is 182 Å². The molecular weight excluding hydrogens is 971 g/mol. The average molecular weight is 1060 g/mol. The molecule has 0 aliphatic rings. The molecule has 5 heterocycles. The van der Waals surface area contributed by atoms with E-state index in [1.807, 2.05) is 51.2 Å². The van der Waals surface area contributed by atoms with Crippen LogP contribution < -0.4 is 22.8 Å². The summed E-state index contributed by atoms with van der Waals surface area (Å²) in [5.41, 5.74) is 30.9. The van der Waals surface area contributed by atoms with Crippen LogP contribution in [0.4, 0.5) is 0 Å². The minimum atomic E-state index is -2.07. The Kier molecular flexibility index (Phi) is 19.5. The molecule has 0 fully saturated rings. The number of rotatable bonds is 5. The minimum Gasteiger partial charge on any atom is -0.201 e. The van der Waals surface area contributed by atoms with Gasteiger partial charge >= 0.3 is 0 Å². The van der Waals surface area contributed by atoms with Gasteiger partial charge in [-0.15, -0.1) is 0 Å². The van der Waals surface area contributed by atoms with E-state index in [0.29, 0.717) is 5.56 Å². The molecule has 5 heteroatoms. The van der Waals surface area contributed by atoms with Gasteiger partial charge in [-0.2, -0.15) is 13.7 Å². The number of pyridine rings is 5. The van der Waals surface area contributed by atoms with Crippen molar-refractivity contribution in [3.8, 4) is 56.3 Å². The zero-order valence-electron chi connectivity index (χ0n) is 54.6. The van der Waals surface area contributed by atoms with Crippen molar-refractivity contribution >= 4 is 0 Å². The van der Waals surface area contributed by atoms with Gasteiger partial charge in [0.1, 0.15) is 35.2 Å². The lowest BCUT2D eigenvalue weighted by atomic mass is 9.97. The van der Waals surface area contributed by atoms with E-state index in [0.717, 1.165) is 22.5 Å². The molecule has 5 nitrogen and oxygen atoms in total.